The molecule has 1 aliphatic carbocycles. The Kier molecular flexibility index (Phi) is 8.40. The van der Waals surface area contributed by atoms with Crippen molar-refractivity contribution in [2.45, 2.75) is 38.5 Å². The molecule has 0 spiro atoms. The average molecular weight is 394 g/mol. The Morgan fingerprint density at radius 2 is 1.86 bits per heavy atom. The molecule has 2 saturated heterocycles. The van der Waals surface area contributed by atoms with Gasteiger partial charge in [0, 0.05) is 79.0 Å². The molecule has 2 heterocycles. The zero-order chi connectivity index (χ0) is 19.8. The molecule has 3 rings (SSSR count). The van der Waals surface area contributed by atoms with Crippen molar-refractivity contribution >= 4 is 11.9 Å². The molecular weight excluding hydrogens is 354 g/mol. The molecule has 0 bridgehead atoms. The van der Waals surface area contributed by atoms with Crippen LogP contribution in [0.5, 0.6) is 0 Å². The fourth-order valence-electron chi connectivity index (χ4n) is 4.33. The number of piperazine rings is 1. The second-order valence-corrected chi connectivity index (χ2v) is 8.53. The molecule has 1 amide bonds. The van der Waals surface area contributed by atoms with Gasteiger partial charge in [0.25, 0.3) is 0 Å². The van der Waals surface area contributed by atoms with Crippen LogP contribution < -0.4 is 5.32 Å². The second-order valence-electron chi connectivity index (χ2n) is 8.53. The molecule has 1 saturated carbocycles. The van der Waals surface area contributed by atoms with E-state index < -0.39 is 0 Å². The fourth-order valence-corrected chi connectivity index (χ4v) is 4.33. The van der Waals surface area contributed by atoms with Gasteiger partial charge in [-0.1, -0.05) is 6.42 Å². The van der Waals surface area contributed by atoms with Gasteiger partial charge < -0.3 is 19.9 Å². The van der Waals surface area contributed by atoms with E-state index in [9.17, 15) is 4.79 Å². The van der Waals surface area contributed by atoms with Crippen molar-refractivity contribution in [1.82, 2.24) is 20.0 Å². The Hall–Kier alpha value is -1.34. The lowest BCUT2D eigenvalue weighted by Crippen LogP contribution is -2.52. The number of aliphatic imine (C=N–C) groups is 1. The quantitative estimate of drug-likeness (QED) is 0.521. The van der Waals surface area contributed by atoms with Gasteiger partial charge in [-0.15, -0.1) is 0 Å². The molecule has 7 nitrogen and oxygen atoms in total. The number of rotatable bonds is 7. The summed E-state index contributed by atoms with van der Waals surface area (Å²) < 4.78 is 5.45. The first kappa shape index (κ1) is 21.4. The Bertz CT molecular complexity index is 509. The maximum absolute atomic E-state index is 12.3. The highest BCUT2D eigenvalue weighted by molar-refractivity contribution is 5.80. The van der Waals surface area contributed by atoms with Gasteiger partial charge in [-0.25, -0.2) is 0 Å². The minimum absolute atomic E-state index is 0.327. The summed E-state index contributed by atoms with van der Waals surface area (Å²) in [5, 5.41) is 3.50. The molecule has 28 heavy (non-hydrogen) atoms. The molecule has 0 aromatic carbocycles. The molecule has 0 aromatic heterocycles. The number of hydrogen-bond donors (Lipinski definition) is 1. The summed E-state index contributed by atoms with van der Waals surface area (Å²) in [4.78, 5) is 23.6. The van der Waals surface area contributed by atoms with E-state index in [1.807, 2.05) is 7.05 Å². The molecule has 3 fully saturated rings. The second kappa shape index (κ2) is 11.0. The summed E-state index contributed by atoms with van der Waals surface area (Å²) >= 11 is 0. The van der Waals surface area contributed by atoms with Crippen LogP contribution in [-0.2, 0) is 9.53 Å². The highest BCUT2D eigenvalue weighted by Gasteiger charge is 2.31. The van der Waals surface area contributed by atoms with Crippen molar-refractivity contribution < 1.29 is 9.53 Å². The predicted octanol–water partition coefficient (Wildman–Crippen LogP) is 1.25. The number of amides is 1. The number of guanidine groups is 1. The summed E-state index contributed by atoms with van der Waals surface area (Å²) in [6.07, 6.45) is 7.02. The van der Waals surface area contributed by atoms with Crippen molar-refractivity contribution in [2.24, 2.45) is 16.8 Å². The van der Waals surface area contributed by atoms with Crippen molar-refractivity contribution in [3.05, 3.63) is 0 Å². The molecule has 160 valence electrons. The van der Waals surface area contributed by atoms with Crippen LogP contribution in [0.2, 0.25) is 0 Å². The van der Waals surface area contributed by atoms with Gasteiger partial charge in [0.2, 0.25) is 5.91 Å². The molecule has 0 atom stereocenters. The van der Waals surface area contributed by atoms with Crippen LogP contribution in [0.25, 0.3) is 0 Å². The highest BCUT2D eigenvalue weighted by Crippen LogP contribution is 2.28. The van der Waals surface area contributed by atoms with Gasteiger partial charge in [-0.2, -0.15) is 0 Å². The van der Waals surface area contributed by atoms with Crippen LogP contribution >= 0.6 is 0 Å². The van der Waals surface area contributed by atoms with Crippen LogP contribution in [0.15, 0.2) is 4.99 Å². The first-order valence-electron chi connectivity index (χ1n) is 11.2. The van der Waals surface area contributed by atoms with Crippen LogP contribution in [0.3, 0.4) is 0 Å². The van der Waals surface area contributed by atoms with Crippen molar-refractivity contribution in [2.75, 3.05) is 73.1 Å². The molecule has 2 aliphatic heterocycles. The third-order valence-corrected chi connectivity index (χ3v) is 6.64. The minimum Gasteiger partial charge on any atom is -0.381 e. The van der Waals surface area contributed by atoms with E-state index in [0.29, 0.717) is 11.8 Å². The molecule has 0 unspecified atom stereocenters. The lowest BCUT2D eigenvalue weighted by Gasteiger charge is -2.38. The number of carbonyl (C=O) groups is 1. The standard InChI is InChI=1S/C21H39N5O2/c1-22-21(24(2)10-6-18-7-16-28-17-8-18)23-9-11-25-12-14-26(15-13-25)20(27)19-4-3-5-19/h18-19H,3-17H2,1-2H3,(H,22,23). The summed E-state index contributed by atoms with van der Waals surface area (Å²) in [6, 6.07) is 0. The third kappa shape index (κ3) is 6.08. The minimum atomic E-state index is 0.327. The van der Waals surface area contributed by atoms with Gasteiger partial charge >= 0.3 is 0 Å². The zero-order valence-electron chi connectivity index (χ0n) is 17.9. The molecule has 7 heteroatoms. The van der Waals surface area contributed by atoms with E-state index in [4.69, 9.17) is 4.74 Å². The Balaban J connectivity index is 1.29. The number of nitrogens with zero attached hydrogens (tertiary/aromatic N) is 4. The Morgan fingerprint density at radius 1 is 1.14 bits per heavy atom. The smallest absolute Gasteiger partial charge is 0.225 e. The lowest BCUT2D eigenvalue weighted by atomic mass is 9.84. The number of hydrogen-bond acceptors (Lipinski definition) is 4. The summed E-state index contributed by atoms with van der Waals surface area (Å²) in [7, 11) is 3.98. The lowest BCUT2D eigenvalue weighted by molar-refractivity contribution is -0.139. The van der Waals surface area contributed by atoms with Crippen molar-refractivity contribution in [3.63, 3.8) is 0 Å². The number of carbonyl (C=O) groups excluding carboxylic acids is 1. The highest BCUT2D eigenvalue weighted by atomic mass is 16.5. The van der Waals surface area contributed by atoms with E-state index in [2.05, 4.69) is 32.1 Å². The topological polar surface area (TPSA) is 60.4 Å². The normalized spacial score (nSPS) is 22.8. The van der Waals surface area contributed by atoms with Gasteiger partial charge in [0.1, 0.15) is 0 Å². The molecule has 1 N–H and O–H groups in total. The molecule has 0 aromatic rings. The third-order valence-electron chi connectivity index (χ3n) is 6.64. The first-order valence-corrected chi connectivity index (χ1v) is 11.2. The SMILES string of the molecule is CN=C(NCCN1CCN(C(=O)C2CCC2)CC1)N(C)CCC1CCOCC1. The maximum Gasteiger partial charge on any atom is 0.225 e. The van der Waals surface area contributed by atoms with E-state index >= 15 is 0 Å². The molecule has 0 radical (unpaired) electrons. The van der Waals surface area contributed by atoms with E-state index in [-0.39, 0.29) is 0 Å². The average Bonchev–Trinajstić information content (AvgIpc) is 2.69. The van der Waals surface area contributed by atoms with Gasteiger partial charge in [0.15, 0.2) is 5.96 Å². The van der Waals surface area contributed by atoms with Crippen LogP contribution in [0.1, 0.15) is 38.5 Å². The number of nitrogens with one attached hydrogen (secondary N) is 1. The first-order chi connectivity index (χ1) is 13.7. The predicted molar refractivity (Wildman–Crippen MR) is 113 cm³/mol. The zero-order valence-corrected chi connectivity index (χ0v) is 17.9. The van der Waals surface area contributed by atoms with Crippen molar-refractivity contribution in [1.29, 1.82) is 0 Å². The van der Waals surface area contributed by atoms with Crippen molar-refractivity contribution in [3.8, 4) is 0 Å². The largest absolute Gasteiger partial charge is 0.381 e. The fraction of sp³-hybridized carbons (Fsp3) is 0.905. The molecule has 3 aliphatic rings. The van der Waals surface area contributed by atoms with Crippen LogP contribution in [0, 0.1) is 11.8 Å². The van der Waals surface area contributed by atoms with Gasteiger partial charge in [-0.05, 0) is 38.0 Å². The monoisotopic (exact) mass is 393 g/mol. The summed E-state index contributed by atoms with van der Waals surface area (Å²) in [6.45, 7) is 8.50. The van der Waals surface area contributed by atoms with E-state index in [0.717, 1.165) is 83.7 Å². The van der Waals surface area contributed by atoms with Crippen LogP contribution in [0.4, 0.5) is 0 Å². The summed E-state index contributed by atoms with van der Waals surface area (Å²) in [5.41, 5.74) is 0. The van der Waals surface area contributed by atoms with Gasteiger partial charge in [-0.3, -0.25) is 14.7 Å². The Morgan fingerprint density at radius 3 is 2.46 bits per heavy atom. The Labute approximate surface area is 170 Å². The van der Waals surface area contributed by atoms with E-state index in [1.165, 1.54) is 25.7 Å². The number of ether oxygens (including phenoxy) is 1. The van der Waals surface area contributed by atoms with E-state index in [1.54, 1.807) is 0 Å². The van der Waals surface area contributed by atoms with Gasteiger partial charge in [0.05, 0.1) is 0 Å². The summed E-state index contributed by atoms with van der Waals surface area (Å²) in [5.74, 6) is 2.49. The van der Waals surface area contributed by atoms with Crippen LogP contribution in [-0.4, -0.2) is 99.7 Å². The molecular formula is C21H39N5O2. The maximum atomic E-state index is 12.3.